The molecule has 0 aromatic heterocycles. The lowest BCUT2D eigenvalue weighted by molar-refractivity contribution is 0.866. The Labute approximate surface area is 158 Å². The van der Waals surface area contributed by atoms with Crippen molar-refractivity contribution in [2.45, 2.75) is 19.8 Å². The summed E-state index contributed by atoms with van der Waals surface area (Å²) in [7, 11) is 6.18. The van der Waals surface area contributed by atoms with Gasteiger partial charge in [0.05, 0.1) is 0 Å². The van der Waals surface area contributed by atoms with E-state index in [0.29, 0.717) is 5.92 Å². The molecule has 0 N–H and O–H groups in total. The summed E-state index contributed by atoms with van der Waals surface area (Å²) in [4.78, 5) is 4.30. The van der Waals surface area contributed by atoms with Crippen molar-refractivity contribution in [3.63, 3.8) is 0 Å². The summed E-state index contributed by atoms with van der Waals surface area (Å²) in [6.07, 6.45) is 0. The van der Waals surface area contributed by atoms with Crippen LogP contribution in [0.15, 0.2) is 84.9 Å². The fourth-order valence-electron chi connectivity index (χ4n) is 2.62. The van der Waals surface area contributed by atoms with E-state index in [1.807, 2.05) is 38.4 Å². The van der Waals surface area contributed by atoms with Crippen LogP contribution < -0.4 is 9.80 Å². The molecule has 0 saturated heterocycles. The van der Waals surface area contributed by atoms with Crippen molar-refractivity contribution in [3.05, 3.63) is 90.5 Å². The summed E-state index contributed by atoms with van der Waals surface area (Å²) < 4.78 is 0. The first kappa shape index (κ1) is 19.6. The molecule has 3 aromatic rings. The van der Waals surface area contributed by atoms with Crippen LogP contribution in [-0.2, 0) is 0 Å². The molecule has 0 heterocycles. The van der Waals surface area contributed by atoms with Crippen molar-refractivity contribution >= 4 is 17.1 Å². The van der Waals surface area contributed by atoms with Gasteiger partial charge in [-0.2, -0.15) is 0 Å². The van der Waals surface area contributed by atoms with Crippen LogP contribution >= 0.6 is 0 Å². The van der Waals surface area contributed by atoms with Crippen LogP contribution in [-0.4, -0.2) is 21.1 Å². The van der Waals surface area contributed by atoms with Crippen molar-refractivity contribution in [2.75, 3.05) is 30.9 Å². The van der Waals surface area contributed by atoms with Gasteiger partial charge in [-0.05, 0) is 47.9 Å². The SMILES string of the molecule is CC(C)c1cccc(N(C)c2ccccc2)c1.CN(C)c1ccccc1. The second-order valence-corrected chi connectivity index (χ2v) is 6.87. The lowest BCUT2D eigenvalue weighted by Crippen LogP contribution is -2.09. The molecule has 0 spiro atoms. The van der Waals surface area contributed by atoms with E-state index in [4.69, 9.17) is 0 Å². The number of para-hydroxylation sites is 2. The molecule has 0 aliphatic heterocycles. The second-order valence-electron chi connectivity index (χ2n) is 6.87. The van der Waals surface area contributed by atoms with E-state index in [-0.39, 0.29) is 0 Å². The molecule has 0 bridgehead atoms. The van der Waals surface area contributed by atoms with Gasteiger partial charge in [0.2, 0.25) is 0 Å². The molecule has 0 radical (unpaired) electrons. The minimum Gasteiger partial charge on any atom is -0.378 e. The zero-order chi connectivity index (χ0) is 18.9. The molecule has 2 nitrogen and oxygen atoms in total. The Hall–Kier alpha value is -2.74. The third-order valence-electron chi connectivity index (χ3n) is 4.34. The Bertz CT molecular complexity index is 764. The maximum Gasteiger partial charge on any atom is 0.0410 e. The van der Waals surface area contributed by atoms with Gasteiger partial charge < -0.3 is 9.80 Å². The first-order chi connectivity index (χ1) is 12.5. The van der Waals surface area contributed by atoms with Gasteiger partial charge in [-0.1, -0.05) is 62.4 Å². The van der Waals surface area contributed by atoms with Crippen LogP contribution in [0.2, 0.25) is 0 Å². The number of hydrogen-bond donors (Lipinski definition) is 0. The maximum absolute atomic E-state index is 2.26. The summed E-state index contributed by atoms with van der Waals surface area (Å²) in [5, 5.41) is 0. The van der Waals surface area contributed by atoms with E-state index in [2.05, 4.69) is 91.4 Å². The van der Waals surface area contributed by atoms with E-state index in [0.717, 1.165) is 0 Å². The molecule has 0 unspecified atom stereocenters. The zero-order valence-corrected chi connectivity index (χ0v) is 16.6. The number of nitrogens with zero attached hydrogens (tertiary/aromatic N) is 2. The largest absolute Gasteiger partial charge is 0.378 e. The van der Waals surface area contributed by atoms with Crippen LogP contribution in [0.3, 0.4) is 0 Å². The van der Waals surface area contributed by atoms with Gasteiger partial charge >= 0.3 is 0 Å². The van der Waals surface area contributed by atoms with E-state index in [1.165, 1.54) is 22.6 Å². The third-order valence-corrected chi connectivity index (χ3v) is 4.34. The highest BCUT2D eigenvalue weighted by Crippen LogP contribution is 2.26. The highest BCUT2D eigenvalue weighted by molar-refractivity contribution is 5.63. The van der Waals surface area contributed by atoms with Crippen molar-refractivity contribution in [1.29, 1.82) is 0 Å². The molecule has 2 heteroatoms. The van der Waals surface area contributed by atoms with Gasteiger partial charge in [-0.3, -0.25) is 0 Å². The van der Waals surface area contributed by atoms with Crippen molar-refractivity contribution in [3.8, 4) is 0 Å². The maximum atomic E-state index is 2.26. The quantitative estimate of drug-likeness (QED) is 0.544. The van der Waals surface area contributed by atoms with Gasteiger partial charge in [0.15, 0.2) is 0 Å². The molecule has 0 fully saturated rings. The fraction of sp³-hybridized carbons (Fsp3) is 0.250. The summed E-state index contributed by atoms with van der Waals surface area (Å²) in [5.74, 6) is 0.569. The van der Waals surface area contributed by atoms with E-state index in [9.17, 15) is 0 Å². The van der Waals surface area contributed by atoms with Crippen LogP contribution in [0.25, 0.3) is 0 Å². The van der Waals surface area contributed by atoms with Crippen molar-refractivity contribution < 1.29 is 0 Å². The van der Waals surface area contributed by atoms with Crippen molar-refractivity contribution in [2.24, 2.45) is 0 Å². The Kier molecular flexibility index (Phi) is 7.28. The number of rotatable bonds is 4. The fourth-order valence-corrected chi connectivity index (χ4v) is 2.62. The van der Waals surface area contributed by atoms with E-state index < -0.39 is 0 Å². The lowest BCUT2D eigenvalue weighted by atomic mass is 10.0. The first-order valence-electron chi connectivity index (χ1n) is 9.10. The first-order valence-corrected chi connectivity index (χ1v) is 9.10. The van der Waals surface area contributed by atoms with E-state index in [1.54, 1.807) is 0 Å². The molecule has 136 valence electrons. The van der Waals surface area contributed by atoms with Gasteiger partial charge in [-0.15, -0.1) is 0 Å². The molecular weight excluding hydrogens is 316 g/mol. The average molecular weight is 347 g/mol. The minimum absolute atomic E-state index is 0.569. The number of benzene rings is 3. The van der Waals surface area contributed by atoms with Crippen LogP contribution in [0.4, 0.5) is 17.1 Å². The Morgan fingerprint density at radius 2 is 1.08 bits per heavy atom. The summed E-state index contributed by atoms with van der Waals surface area (Å²) >= 11 is 0. The van der Waals surface area contributed by atoms with Crippen LogP contribution in [0.1, 0.15) is 25.3 Å². The average Bonchev–Trinajstić information content (AvgIpc) is 2.69. The monoisotopic (exact) mass is 346 g/mol. The molecule has 0 atom stereocenters. The minimum atomic E-state index is 0.569. The third kappa shape index (κ3) is 5.66. The highest BCUT2D eigenvalue weighted by atomic mass is 15.1. The zero-order valence-electron chi connectivity index (χ0n) is 16.6. The van der Waals surface area contributed by atoms with Crippen LogP contribution in [0, 0.1) is 0 Å². The molecule has 3 rings (SSSR count). The Morgan fingerprint density at radius 1 is 0.577 bits per heavy atom. The topological polar surface area (TPSA) is 6.48 Å². The standard InChI is InChI=1S/C16H19N.C8H11N/c1-13(2)14-8-7-11-16(12-14)17(3)15-9-5-4-6-10-15;1-9(2)8-6-4-3-5-7-8/h4-13H,1-3H3;3-7H,1-2H3. The summed E-state index contributed by atoms with van der Waals surface area (Å²) in [6, 6.07) is 29.4. The van der Waals surface area contributed by atoms with Crippen molar-refractivity contribution in [1.82, 2.24) is 0 Å². The highest BCUT2D eigenvalue weighted by Gasteiger charge is 2.05. The normalized spacial score (nSPS) is 10.1. The number of anilines is 3. The Morgan fingerprint density at radius 3 is 1.54 bits per heavy atom. The number of hydrogen-bond acceptors (Lipinski definition) is 2. The molecular formula is C24H30N2. The van der Waals surface area contributed by atoms with Gasteiger partial charge in [-0.25, -0.2) is 0 Å². The van der Waals surface area contributed by atoms with Gasteiger partial charge in [0.25, 0.3) is 0 Å². The second kappa shape index (κ2) is 9.67. The Balaban J connectivity index is 0.000000228. The molecule has 26 heavy (non-hydrogen) atoms. The smallest absolute Gasteiger partial charge is 0.0410 e. The molecule has 3 aromatic carbocycles. The lowest BCUT2D eigenvalue weighted by Gasteiger charge is -2.20. The van der Waals surface area contributed by atoms with Crippen LogP contribution in [0.5, 0.6) is 0 Å². The molecule has 0 amide bonds. The predicted molar refractivity (Wildman–Crippen MR) is 116 cm³/mol. The summed E-state index contributed by atoms with van der Waals surface area (Å²) in [5.41, 5.74) is 5.08. The molecule has 0 aliphatic carbocycles. The van der Waals surface area contributed by atoms with Gasteiger partial charge in [0.1, 0.15) is 0 Å². The molecule has 0 saturated carbocycles. The van der Waals surface area contributed by atoms with Gasteiger partial charge in [0, 0.05) is 38.2 Å². The summed E-state index contributed by atoms with van der Waals surface area (Å²) in [6.45, 7) is 4.45. The van der Waals surface area contributed by atoms with E-state index >= 15 is 0 Å². The molecule has 0 aliphatic rings. The predicted octanol–water partition coefficient (Wildman–Crippen LogP) is 6.33.